The van der Waals surface area contributed by atoms with Gasteiger partial charge < -0.3 is 0 Å². The minimum atomic E-state index is -4.18. The first kappa shape index (κ1) is 13.0. The maximum Gasteiger partial charge on any atom is 0.402 e. The summed E-state index contributed by atoms with van der Waals surface area (Å²) in [6.07, 6.45) is -4.18. The lowest BCUT2D eigenvalue weighted by Gasteiger charge is -2.21. The smallest absolute Gasteiger partial charge is 0.300 e. The fraction of sp³-hybridized carbons (Fsp3) is 0.556. The van der Waals surface area contributed by atoms with Crippen LogP contribution in [0.15, 0.2) is 17.5 Å². The van der Waals surface area contributed by atoms with Gasteiger partial charge in [-0.05, 0) is 18.5 Å². The van der Waals surface area contributed by atoms with Crippen LogP contribution in [0.25, 0.3) is 0 Å². The summed E-state index contributed by atoms with van der Waals surface area (Å²) < 4.78 is 36.7. The summed E-state index contributed by atoms with van der Waals surface area (Å²) in [5, 5.41) is 1.92. The summed E-state index contributed by atoms with van der Waals surface area (Å²) in [5.74, 6) is 0. The van der Waals surface area contributed by atoms with Crippen molar-refractivity contribution in [1.82, 2.24) is 4.90 Å². The highest BCUT2D eigenvalue weighted by Crippen LogP contribution is 2.27. The molecule has 6 heteroatoms. The molecule has 0 fully saturated rings. The van der Waals surface area contributed by atoms with Gasteiger partial charge in [0.1, 0.15) is 4.83 Å². The lowest BCUT2D eigenvalue weighted by molar-refractivity contribution is -0.130. The Morgan fingerprint density at radius 2 is 2.20 bits per heavy atom. The van der Waals surface area contributed by atoms with Crippen LogP contribution in [0.4, 0.5) is 13.2 Å². The van der Waals surface area contributed by atoms with Crippen LogP contribution in [0, 0.1) is 0 Å². The average molecular weight is 302 g/mol. The standard InChI is InChI=1S/C9H11BrF3NS/c1-14(5-7-3-2-4-15-7)6-8(10)9(11,12)13/h2-4,8H,5-6H2,1H3. The molecule has 1 rings (SSSR count). The summed E-state index contributed by atoms with van der Waals surface area (Å²) in [6.45, 7) is 0.511. The van der Waals surface area contributed by atoms with Crippen molar-refractivity contribution in [3.63, 3.8) is 0 Å². The Hall–Kier alpha value is -0.0700. The normalized spacial score (nSPS) is 14.5. The van der Waals surface area contributed by atoms with Crippen molar-refractivity contribution in [1.29, 1.82) is 0 Å². The Labute approximate surface area is 99.0 Å². The molecule has 1 atom stereocenters. The third kappa shape index (κ3) is 4.53. The number of thiophene rings is 1. The SMILES string of the molecule is CN(Cc1cccs1)CC(Br)C(F)(F)F. The molecule has 0 bridgehead atoms. The molecule has 0 saturated heterocycles. The second-order valence-corrected chi connectivity index (χ2v) is 5.42. The summed E-state index contributed by atoms with van der Waals surface area (Å²) in [6, 6.07) is 3.81. The number of alkyl halides is 4. The summed E-state index contributed by atoms with van der Waals surface area (Å²) in [7, 11) is 1.68. The molecular weight excluding hydrogens is 291 g/mol. The maximum atomic E-state index is 12.2. The molecule has 0 aliphatic carbocycles. The van der Waals surface area contributed by atoms with E-state index in [-0.39, 0.29) is 6.54 Å². The molecule has 86 valence electrons. The minimum Gasteiger partial charge on any atom is -0.300 e. The summed E-state index contributed by atoms with van der Waals surface area (Å²) >= 11 is 4.19. The zero-order chi connectivity index (χ0) is 11.5. The van der Waals surface area contributed by atoms with Gasteiger partial charge in [0.05, 0.1) is 0 Å². The van der Waals surface area contributed by atoms with Crippen molar-refractivity contribution in [2.24, 2.45) is 0 Å². The first-order chi connectivity index (χ1) is 6.89. The van der Waals surface area contributed by atoms with Gasteiger partial charge in [-0.2, -0.15) is 13.2 Å². The van der Waals surface area contributed by atoms with Crippen LogP contribution in [0.1, 0.15) is 4.88 Å². The molecule has 0 aliphatic heterocycles. The number of hydrogen-bond donors (Lipinski definition) is 0. The molecule has 1 aromatic heterocycles. The molecule has 1 nitrogen and oxygen atoms in total. The van der Waals surface area contributed by atoms with Crippen molar-refractivity contribution >= 4 is 27.3 Å². The van der Waals surface area contributed by atoms with E-state index in [1.807, 2.05) is 17.5 Å². The average Bonchev–Trinajstić information content (AvgIpc) is 2.54. The topological polar surface area (TPSA) is 3.24 Å². The van der Waals surface area contributed by atoms with Crippen molar-refractivity contribution in [3.05, 3.63) is 22.4 Å². The monoisotopic (exact) mass is 301 g/mol. The summed E-state index contributed by atoms with van der Waals surface area (Å²) in [4.78, 5) is 1.26. The molecule has 0 spiro atoms. The third-order valence-electron chi connectivity index (χ3n) is 1.83. The van der Waals surface area contributed by atoms with Gasteiger partial charge in [-0.25, -0.2) is 0 Å². The molecule has 0 saturated carbocycles. The molecular formula is C9H11BrF3NS. The van der Waals surface area contributed by atoms with E-state index in [1.165, 1.54) is 0 Å². The highest BCUT2D eigenvalue weighted by Gasteiger charge is 2.38. The fourth-order valence-electron chi connectivity index (χ4n) is 1.11. The van der Waals surface area contributed by atoms with Gasteiger partial charge in [-0.15, -0.1) is 11.3 Å². The van der Waals surface area contributed by atoms with E-state index in [0.717, 1.165) is 4.88 Å². The zero-order valence-electron chi connectivity index (χ0n) is 8.09. The van der Waals surface area contributed by atoms with E-state index in [9.17, 15) is 13.2 Å². The van der Waals surface area contributed by atoms with Crippen LogP contribution in [-0.2, 0) is 6.54 Å². The number of hydrogen-bond acceptors (Lipinski definition) is 2. The van der Waals surface area contributed by atoms with Gasteiger partial charge in [-0.3, -0.25) is 4.90 Å². The lowest BCUT2D eigenvalue weighted by atomic mass is 10.3. The zero-order valence-corrected chi connectivity index (χ0v) is 10.5. The van der Waals surface area contributed by atoms with Crippen molar-refractivity contribution < 1.29 is 13.2 Å². The molecule has 0 radical (unpaired) electrons. The van der Waals surface area contributed by atoms with Gasteiger partial charge in [0, 0.05) is 18.0 Å². The fourth-order valence-corrected chi connectivity index (χ4v) is 2.39. The molecule has 0 aliphatic rings. The van der Waals surface area contributed by atoms with Crippen LogP contribution < -0.4 is 0 Å². The highest BCUT2D eigenvalue weighted by atomic mass is 79.9. The van der Waals surface area contributed by atoms with Crippen LogP contribution in [0.2, 0.25) is 0 Å². The Kier molecular flexibility index (Phi) is 4.61. The third-order valence-corrected chi connectivity index (χ3v) is 3.50. The van der Waals surface area contributed by atoms with Crippen molar-refractivity contribution in [3.8, 4) is 0 Å². The number of nitrogens with zero attached hydrogens (tertiary/aromatic N) is 1. The molecule has 0 N–H and O–H groups in total. The van der Waals surface area contributed by atoms with E-state index in [1.54, 1.807) is 23.3 Å². The van der Waals surface area contributed by atoms with Crippen LogP contribution >= 0.6 is 27.3 Å². The molecule has 1 aromatic rings. The van der Waals surface area contributed by atoms with Gasteiger partial charge in [-0.1, -0.05) is 22.0 Å². The predicted octanol–water partition coefficient (Wildman–Crippen LogP) is 3.51. The number of halogens is 4. The first-order valence-electron chi connectivity index (χ1n) is 4.31. The minimum absolute atomic E-state index is 0.0403. The molecule has 0 aromatic carbocycles. The van der Waals surface area contributed by atoms with Gasteiger partial charge in [0.2, 0.25) is 0 Å². The van der Waals surface area contributed by atoms with Gasteiger partial charge in [0.15, 0.2) is 0 Å². The van der Waals surface area contributed by atoms with Crippen LogP contribution in [0.5, 0.6) is 0 Å². The van der Waals surface area contributed by atoms with E-state index in [2.05, 4.69) is 15.9 Å². The Bertz CT molecular complexity index is 286. The predicted molar refractivity (Wildman–Crippen MR) is 59.4 cm³/mol. The molecule has 1 heterocycles. The highest BCUT2D eigenvalue weighted by molar-refractivity contribution is 9.09. The molecule has 1 unspecified atom stereocenters. The lowest BCUT2D eigenvalue weighted by Crippen LogP contribution is -2.34. The van der Waals surface area contributed by atoms with Crippen molar-refractivity contribution in [2.75, 3.05) is 13.6 Å². The quantitative estimate of drug-likeness (QED) is 0.769. The summed E-state index contributed by atoms with van der Waals surface area (Å²) in [5.41, 5.74) is 0. The van der Waals surface area contributed by atoms with E-state index >= 15 is 0 Å². The van der Waals surface area contributed by atoms with Crippen LogP contribution in [-0.4, -0.2) is 29.5 Å². The second kappa shape index (κ2) is 5.32. The van der Waals surface area contributed by atoms with Crippen molar-refractivity contribution in [2.45, 2.75) is 17.5 Å². The Morgan fingerprint density at radius 1 is 1.53 bits per heavy atom. The van der Waals surface area contributed by atoms with E-state index in [0.29, 0.717) is 6.54 Å². The maximum absolute atomic E-state index is 12.2. The first-order valence-corrected chi connectivity index (χ1v) is 6.11. The van der Waals surface area contributed by atoms with Gasteiger partial charge in [0.25, 0.3) is 0 Å². The largest absolute Gasteiger partial charge is 0.402 e. The van der Waals surface area contributed by atoms with Crippen LogP contribution in [0.3, 0.4) is 0 Å². The van der Waals surface area contributed by atoms with E-state index in [4.69, 9.17) is 0 Å². The van der Waals surface area contributed by atoms with Gasteiger partial charge >= 0.3 is 6.18 Å². The molecule has 0 amide bonds. The second-order valence-electron chi connectivity index (χ2n) is 3.29. The molecule has 15 heavy (non-hydrogen) atoms. The number of rotatable bonds is 4. The Morgan fingerprint density at radius 3 is 2.67 bits per heavy atom. The Balaban J connectivity index is 2.39. The van der Waals surface area contributed by atoms with E-state index < -0.39 is 11.0 Å².